The SMILES string of the molecule is C=C(C=N)/C(=C\C)C/C(C)=C(C)/C=C(/C)N. The molecular formula is C14H22N2. The molecule has 0 spiro atoms. The van der Waals surface area contributed by atoms with E-state index in [1.807, 2.05) is 32.9 Å². The van der Waals surface area contributed by atoms with Gasteiger partial charge in [-0.15, -0.1) is 0 Å². The fourth-order valence-electron chi connectivity index (χ4n) is 1.38. The summed E-state index contributed by atoms with van der Waals surface area (Å²) in [5.74, 6) is 0. The molecule has 2 heteroatoms. The maximum atomic E-state index is 7.19. The van der Waals surface area contributed by atoms with Gasteiger partial charge in [0.15, 0.2) is 0 Å². The van der Waals surface area contributed by atoms with Gasteiger partial charge in [-0.25, -0.2) is 0 Å². The van der Waals surface area contributed by atoms with Crippen molar-refractivity contribution in [3.05, 3.63) is 46.7 Å². The minimum atomic E-state index is 0.767. The topological polar surface area (TPSA) is 49.9 Å². The van der Waals surface area contributed by atoms with Crippen molar-refractivity contribution in [1.29, 1.82) is 5.41 Å². The summed E-state index contributed by atoms with van der Waals surface area (Å²) < 4.78 is 0. The van der Waals surface area contributed by atoms with Crippen LogP contribution in [0.25, 0.3) is 0 Å². The summed E-state index contributed by atoms with van der Waals surface area (Å²) in [7, 11) is 0. The van der Waals surface area contributed by atoms with Gasteiger partial charge in [-0.1, -0.05) is 23.8 Å². The van der Waals surface area contributed by atoms with Crippen LogP contribution in [0.2, 0.25) is 0 Å². The fraction of sp³-hybridized carbons (Fsp3) is 0.357. The van der Waals surface area contributed by atoms with Crippen LogP contribution in [0.5, 0.6) is 0 Å². The molecule has 0 saturated carbocycles. The second-order valence-corrected chi connectivity index (χ2v) is 4.01. The summed E-state index contributed by atoms with van der Waals surface area (Å²) >= 11 is 0. The number of hydrogen-bond donors (Lipinski definition) is 2. The molecule has 3 N–H and O–H groups in total. The Morgan fingerprint density at radius 3 is 2.25 bits per heavy atom. The molecular weight excluding hydrogens is 196 g/mol. The van der Waals surface area contributed by atoms with Crippen molar-refractivity contribution in [3.8, 4) is 0 Å². The first-order chi connectivity index (χ1) is 7.42. The highest BCUT2D eigenvalue weighted by molar-refractivity contribution is 5.81. The predicted molar refractivity (Wildman–Crippen MR) is 72.6 cm³/mol. The van der Waals surface area contributed by atoms with E-state index in [0.717, 1.165) is 23.3 Å². The molecule has 0 radical (unpaired) electrons. The van der Waals surface area contributed by atoms with Crippen molar-refractivity contribution >= 4 is 6.21 Å². The lowest BCUT2D eigenvalue weighted by Crippen LogP contribution is -1.95. The van der Waals surface area contributed by atoms with Gasteiger partial charge < -0.3 is 11.1 Å². The molecule has 0 aromatic rings. The molecule has 88 valence electrons. The average Bonchev–Trinajstić information content (AvgIpc) is 2.23. The Bertz CT molecular complexity index is 364. The quantitative estimate of drug-likeness (QED) is 0.536. The zero-order valence-electron chi connectivity index (χ0n) is 10.7. The number of nitrogens with two attached hydrogens (primary N) is 1. The van der Waals surface area contributed by atoms with Crippen LogP contribution in [0.4, 0.5) is 0 Å². The van der Waals surface area contributed by atoms with Crippen molar-refractivity contribution < 1.29 is 0 Å². The molecule has 0 aromatic heterocycles. The second kappa shape index (κ2) is 6.83. The number of nitrogens with one attached hydrogen (secondary N) is 1. The Hall–Kier alpha value is -1.57. The molecule has 0 heterocycles. The smallest absolute Gasteiger partial charge is 0.0247 e. The lowest BCUT2D eigenvalue weighted by molar-refractivity contribution is 1.10. The van der Waals surface area contributed by atoms with Gasteiger partial charge in [0.05, 0.1) is 0 Å². The van der Waals surface area contributed by atoms with Crippen molar-refractivity contribution in [2.45, 2.75) is 34.1 Å². The van der Waals surface area contributed by atoms with E-state index in [0.29, 0.717) is 0 Å². The van der Waals surface area contributed by atoms with Crippen LogP contribution in [0, 0.1) is 5.41 Å². The first-order valence-electron chi connectivity index (χ1n) is 5.37. The van der Waals surface area contributed by atoms with E-state index in [9.17, 15) is 0 Å². The zero-order chi connectivity index (χ0) is 12.7. The van der Waals surface area contributed by atoms with Gasteiger partial charge in [0.1, 0.15) is 0 Å². The Balaban J connectivity index is 4.91. The van der Waals surface area contributed by atoms with Crippen molar-refractivity contribution in [1.82, 2.24) is 0 Å². The van der Waals surface area contributed by atoms with Gasteiger partial charge in [0.2, 0.25) is 0 Å². The van der Waals surface area contributed by atoms with Crippen LogP contribution in [0.3, 0.4) is 0 Å². The summed E-state index contributed by atoms with van der Waals surface area (Å²) in [5.41, 5.74) is 10.7. The van der Waals surface area contributed by atoms with Crippen LogP contribution in [-0.4, -0.2) is 6.21 Å². The summed E-state index contributed by atoms with van der Waals surface area (Å²) in [4.78, 5) is 0. The van der Waals surface area contributed by atoms with Crippen LogP contribution < -0.4 is 5.73 Å². The van der Waals surface area contributed by atoms with E-state index in [1.54, 1.807) is 0 Å². The minimum Gasteiger partial charge on any atom is -0.402 e. The predicted octanol–water partition coefficient (Wildman–Crippen LogP) is 3.73. The van der Waals surface area contributed by atoms with Gasteiger partial charge in [-0.3, -0.25) is 0 Å². The van der Waals surface area contributed by atoms with E-state index in [2.05, 4.69) is 13.5 Å². The van der Waals surface area contributed by atoms with E-state index in [1.165, 1.54) is 17.4 Å². The van der Waals surface area contributed by atoms with Crippen molar-refractivity contribution in [3.63, 3.8) is 0 Å². The van der Waals surface area contributed by atoms with Gasteiger partial charge in [0, 0.05) is 11.9 Å². The van der Waals surface area contributed by atoms with Crippen molar-refractivity contribution in [2.75, 3.05) is 0 Å². The Morgan fingerprint density at radius 1 is 1.31 bits per heavy atom. The van der Waals surface area contributed by atoms with Crippen molar-refractivity contribution in [2.24, 2.45) is 5.73 Å². The molecule has 2 nitrogen and oxygen atoms in total. The second-order valence-electron chi connectivity index (χ2n) is 4.01. The largest absolute Gasteiger partial charge is 0.402 e. The monoisotopic (exact) mass is 218 g/mol. The third kappa shape index (κ3) is 4.78. The molecule has 0 aromatic carbocycles. The maximum absolute atomic E-state index is 7.19. The van der Waals surface area contributed by atoms with Gasteiger partial charge in [-0.05, 0) is 51.3 Å². The molecule has 0 rings (SSSR count). The molecule has 0 fully saturated rings. The van der Waals surface area contributed by atoms with E-state index in [4.69, 9.17) is 11.1 Å². The molecule has 0 atom stereocenters. The summed E-state index contributed by atoms with van der Waals surface area (Å²) in [6, 6.07) is 0. The zero-order valence-corrected chi connectivity index (χ0v) is 10.7. The molecule has 0 amide bonds. The summed E-state index contributed by atoms with van der Waals surface area (Å²) in [6.07, 6.45) is 6.08. The van der Waals surface area contributed by atoms with E-state index in [-0.39, 0.29) is 0 Å². The Morgan fingerprint density at radius 2 is 1.88 bits per heavy atom. The third-order valence-electron chi connectivity index (χ3n) is 2.51. The number of hydrogen-bond acceptors (Lipinski definition) is 2. The lowest BCUT2D eigenvalue weighted by Gasteiger charge is -2.09. The fourth-order valence-corrected chi connectivity index (χ4v) is 1.38. The first-order valence-corrected chi connectivity index (χ1v) is 5.37. The van der Waals surface area contributed by atoms with Gasteiger partial charge in [0.25, 0.3) is 0 Å². The normalized spacial score (nSPS) is 14.5. The molecule has 0 bridgehead atoms. The standard InChI is InChI=1S/C14H22N2/c1-6-14(12(4)9-15)8-11(3)10(2)7-13(5)16/h6-7,9,15H,4,8,16H2,1-3,5H3/b11-10+,13-7-,14-6-,15-9?. The highest BCUT2D eigenvalue weighted by Gasteiger charge is 2.02. The molecule has 0 saturated heterocycles. The Kier molecular flexibility index (Phi) is 6.16. The van der Waals surface area contributed by atoms with Crippen LogP contribution in [0.15, 0.2) is 46.7 Å². The molecule has 0 aliphatic rings. The summed E-state index contributed by atoms with van der Waals surface area (Å²) in [5, 5.41) is 7.19. The molecule has 0 aliphatic carbocycles. The van der Waals surface area contributed by atoms with Crippen LogP contribution in [-0.2, 0) is 0 Å². The highest BCUT2D eigenvalue weighted by Crippen LogP contribution is 2.19. The number of rotatable bonds is 5. The number of allylic oxidation sites excluding steroid dienone is 7. The Labute approximate surface area is 98.8 Å². The lowest BCUT2D eigenvalue weighted by atomic mass is 9.97. The maximum Gasteiger partial charge on any atom is 0.0247 e. The van der Waals surface area contributed by atoms with E-state index >= 15 is 0 Å². The molecule has 0 unspecified atom stereocenters. The average molecular weight is 218 g/mol. The summed E-state index contributed by atoms with van der Waals surface area (Å²) in [6.45, 7) is 11.8. The molecule has 0 aliphatic heterocycles. The van der Waals surface area contributed by atoms with Gasteiger partial charge >= 0.3 is 0 Å². The third-order valence-corrected chi connectivity index (χ3v) is 2.51. The minimum absolute atomic E-state index is 0.767. The van der Waals surface area contributed by atoms with Crippen LogP contribution >= 0.6 is 0 Å². The van der Waals surface area contributed by atoms with E-state index < -0.39 is 0 Å². The van der Waals surface area contributed by atoms with Crippen LogP contribution in [0.1, 0.15) is 34.1 Å². The highest BCUT2D eigenvalue weighted by atomic mass is 14.5. The van der Waals surface area contributed by atoms with Gasteiger partial charge in [-0.2, -0.15) is 0 Å². The first kappa shape index (κ1) is 14.4. The molecule has 16 heavy (non-hydrogen) atoms.